The number of hydrogen-bond donors (Lipinski definition) is 3. The van der Waals surface area contributed by atoms with Crippen molar-refractivity contribution in [3.05, 3.63) is 29.8 Å². The van der Waals surface area contributed by atoms with Gasteiger partial charge in [-0.25, -0.2) is 0 Å². The van der Waals surface area contributed by atoms with E-state index in [0.29, 0.717) is 11.2 Å². The average molecular weight is 249 g/mol. The molecule has 1 aromatic carbocycles. The van der Waals surface area contributed by atoms with Crippen molar-refractivity contribution >= 4 is 23.0 Å². The minimum absolute atomic E-state index is 0.563. The molecule has 1 aliphatic heterocycles. The van der Waals surface area contributed by atoms with Crippen molar-refractivity contribution in [1.82, 2.24) is 10.6 Å². The topological polar surface area (TPSA) is 36.1 Å². The second-order valence-electron chi connectivity index (χ2n) is 4.49. The van der Waals surface area contributed by atoms with E-state index in [1.165, 1.54) is 18.4 Å². The van der Waals surface area contributed by atoms with Crippen LogP contribution in [-0.2, 0) is 0 Å². The summed E-state index contributed by atoms with van der Waals surface area (Å²) in [4.78, 5) is 0. The molecule has 0 aromatic heterocycles. The van der Waals surface area contributed by atoms with Crippen LogP contribution in [0.2, 0.25) is 0 Å². The molecule has 92 valence electrons. The van der Waals surface area contributed by atoms with Crippen LogP contribution in [-0.4, -0.2) is 24.2 Å². The summed E-state index contributed by atoms with van der Waals surface area (Å²) in [5.74, 6) is 0. The first-order valence-corrected chi connectivity index (χ1v) is 6.50. The zero-order valence-electron chi connectivity index (χ0n) is 10.1. The maximum Gasteiger partial charge on any atom is 0.170 e. The zero-order chi connectivity index (χ0) is 12.1. The van der Waals surface area contributed by atoms with Gasteiger partial charge in [-0.15, -0.1) is 0 Å². The molecule has 0 amide bonds. The lowest BCUT2D eigenvalue weighted by Crippen LogP contribution is -2.39. The number of benzene rings is 1. The van der Waals surface area contributed by atoms with Gasteiger partial charge in [-0.2, -0.15) is 0 Å². The molecule has 0 radical (unpaired) electrons. The lowest BCUT2D eigenvalue weighted by Gasteiger charge is -2.14. The lowest BCUT2D eigenvalue weighted by atomic mass is 10.2. The average Bonchev–Trinajstić information content (AvgIpc) is 2.83. The summed E-state index contributed by atoms with van der Waals surface area (Å²) in [6, 6.07) is 8.79. The van der Waals surface area contributed by atoms with Crippen molar-refractivity contribution in [1.29, 1.82) is 0 Å². The molecule has 1 aromatic rings. The van der Waals surface area contributed by atoms with Crippen LogP contribution in [0.25, 0.3) is 0 Å². The Hall–Kier alpha value is -1.13. The summed E-state index contributed by atoms with van der Waals surface area (Å²) in [7, 11) is 0. The zero-order valence-corrected chi connectivity index (χ0v) is 10.9. The van der Waals surface area contributed by atoms with Crippen molar-refractivity contribution in [2.75, 3.05) is 18.4 Å². The number of anilines is 1. The fourth-order valence-corrected chi connectivity index (χ4v) is 2.16. The van der Waals surface area contributed by atoms with Crippen molar-refractivity contribution in [3.63, 3.8) is 0 Å². The van der Waals surface area contributed by atoms with E-state index in [-0.39, 0.29) is 0 Å². The Labute approximate surface area is 108 Å². The predicted molar refractivity (Wildman–Crippen MR) is 76.4 cm³/mol. The van der Waals surface area contributed by atoms with Crippen LogP contribution in [0, 0.1) is 6.92 Å². The largest absolute Gasteiger partial charge is 0.361 e. The second kappa shape index (κ2) is 5.98. The minimum Gasteiger partial charge on any atom is -0.361 e. The van der Waals surface area contributed by atoms with Gasteiger partial charge in [0.25, 0.3) is 0 Å². The van der Waals surface area contributed by atoms with E-state index in [0.717, 1.165) is 18.8 Å². The maximum atomic E-state index is 5.25. The summed E-state index contributed by atoms with van der Waals surface area (Å²) in [5.41, 5.74) is 2.29. The van der Waals surface area contributed by atoms with E-state index in [2.05, 4.69) is 35.0 Å². The second-order valence-corrected chi connectivity index (χ2v) is 4.90. The molecule has 1 aliphatic rings. The van der Waals surface area contributed by atoms with Crippen LogP contribution >= 0.6 is 12.2 Å². The van der Waals surface area contributed by atoms with E-state index in [4.69, 9.17) is 12.2 Å². The van der Waals surface area contributed by atoms with Gasteiger partial charge in [-0.3, -0.25) is 0 Å². The molecule has 3 nitrogen and oxygen atoms in total. The SMILES string of the molecule is Cc1ccc(NC(=S)NC[C@@H]2CCCN2)cc1. The molecule has 17 heavy (non-hydrogen) atoms. The first-order valence-electron chi connectivity index (χ1n) is 6.09. The highest BCUT2D eigenvalue weighted by molar-refractivity contribution is 7.80. The van der Waals surface area contributed by atoms with Crippen LogP contribution in [0.3, 0.4) is 0 Å². The van der Waals surface area contributed by atoms with Gasteiger partial charge >= 0.3 is 0 Å². The predicted octanol–water partition coefficient (Wildman–Crippen LogP) is 2.03. The van der Waals surface area contributed by atoms with Crippen LogP contribution in [0.5, 0.6) is 0 Å². The number of rotatable bonds is 3. The summed E-state index contributed by atoms with van der Waals surface area (Å²) in [5, 5.41) is 10.6. The van der Waals surface area contributed by atoms with Crippen molar-refractivity contribution < 1.29 is 0 Å². The standard InChI is InChI=1S/C13H19N3S/c1-10-4-6-11(7-5-10)16-13(17)15-9-12-3-2-8-14-12/h4-7,12,14H,2-3,8-9H2,1H3,(H2,15,16,17)/t12-/m0/s1. The fourth-order valence-electron chi connectivity index (χ4n) is 1.96. The van der Waals surface area contributed by atoms with Crippen LogP contribution in [0.1, 0.15) is 18.4 Å². The summed E-state index contributed by atoms with van der Waals surface area (Å²) in [6.07, 6.45) is 2.50. The third-order valence-corrected chi connectivity index (χ3v) is 3.23. The minimum atomic E-state index is 0.563. The van der Waals surface area contributed by atoms with Crippen LogP contribution in [0.15, 0.2) is 24.3 Å². The third kappa shape index (κ3) is 3.98. The van der Waals surface area contributed by atoms with Crippen LogP contribution in [0.4, 0.5) is 5.69 Å². The van der Waals surface area contributed by atoms with Crippen molar-refractivity contribution in [2.24, 2.45) is 0 Å². The van der Waals surface area contributed by atoms with Gasteiger partial charge < -0.3 is 16.0 Å². The molecule has 4 heteroatoms. The highest BCUT2D eigenvalue weighted by atomic mass is 32.1. The van der Waals surface area contributed by atoms with E-state index in [1.807, 2.05) is 12.1 Å². The molecule has 1 atom stereocenters. The highest BCUT2D eigenvalue weighted by Crippen LogP contribution is 2.08. The molecule has 0 spiro atoms. The van der Waals surface area contributed by atoms with Gasteiger partial charge in [0.2, 0.25) is 0 Å². The third-order valence-electron chi connectivity index (χ3n) is 2.98. The Kier molecular flexibility index (Phi) is 4.34. The van der Waals surface area contributed by atoms with Gasteiger partial charge in [-0.1, -0.05) is 17.7 Å². The summed E-state index contributed by atoms with van der Waals surface area (Å²) >= 11 is 5.25. The molecule has 3 N–H and O–H groups in total. The first-order chi connectivity index (χ1) is 8.24. The molecule has 1 fully saturated rings. The molecule has 2 rings (SSSR count). The fraction of sp³-hybridized carbons (Fsp3) is 0.462. The molecule has 0 saturated carbocycles. The van der Waals surface area contributed by atoms with E-state index < -0.39 is 0 Å². The van der Waals surface area contributed by atoms with E-state index in [9.17, 15) is 0 Å². The van der Waals surface area contributed by atoms with Gasteiger partial charge in [0.1, 0.15) is 0 Å². The number of aryl methyl sites for hydroxylation is 1. The molecular weight excluding hydrogens is 230 g/mol. The Balaban J connectivity index is 1.74. The van der Waals surface area contributed by atoms with E-state index in [1.54, 1.807) is 0 Å². The van der Waals surface area contributed by atoms with Gasteiger partial charge in [0.15, 0.2) is 5.11 Å². The Morgan fingerprint density at radius 3 is 2.82 bits per heavy atom. The van der Waals surface area contributed by atoms with Crippen LogP contribution < -0.4 is 16.0 Å². The number of nitrogens with one attached hydrogen (secondary N) is 3. The molecule has 0 unspecified atom stereocenters. The smallest absolute Gasteiger partial charge is 0.170 e. The normalized spacial score (nSPS) is 19.0. The number of thiocarbonyl (C=S) groups is 1. The molecular formula is C13H19N3S. The maximum absolute atomic E-state index is 5.25. The van der Waals surface area contributed by atoms with Gasteiger partial charge in [0.05, 0.1) is 0 Å². The molecule has 0 aliphatic carbocycles. The molecule has 1 heterocycles. The summed E-state index contributed by atoms with van der Waals surface area (Å²) in [6.45, 7) is 4.11. The molecule has 1 saturated heterocycles. The lowest BCUT2D eigenvalue weighted by molar-refractivity contribution is 0.591. The quantitative estimate of drug-likeness (QED) is 0.717. The summed E-state index contributed by atoms with van der Waals surface area (Å²) < 4.78 is 0. The van der Waals surface area contributed by atoms with Gasteiger partial charge in [0, 0.05) is 18.3 Å². The Morgan fingerprint density at radius 2 is 2.18 bits per heavy atom. The Morgan fingerprint density at radius 1 is 1.41 bits per heavy atom. The Bertz CT molecular complexity index is 369. The van der Waals surface area contributed by atoms with Gasteiger partial charge in [-0.05, 0) is 50.7 Å². The first kappa shape index (κ1) is 12.3. The van der Waals surface area contributed by atoms with Crippen molar-refractivity contribution in [3.8, 4) is 0 Å². The van der Waals surface area contributed by atoms with E-state index >= 15 is 0 Å². The highest BCUT2D eigenvalue weighted by Gasteiger charge is 2.13. The van der Waals surface area contributed by atoms with Crippen molar-refractivity contribution in [2.45, 2.75) is 25.8 Å². The molecule has 0 bridgehead atoms. The number of hydrogen-bond acceptors (Lipinski definition) is 2. The monoisotopic (exact) mass is 249 g/mol.